The first-order valence-electron chi connectivity index (χ1n) is 8.24. The van der Waals surface area contributed by atoms with Crippen LogP contribution in [0.1, 0.15) is 24.1 Å². The van der Waals surface area contributed by atoms with E-state index < -0.39 is 5.90 Å². The molecule has 2 heterocycles. The molecule has 4 rings (SSSR count). The van der Waals surface area contributed by atoms with Gasteiger partial charge in [-0.3, -0.25) is 4.52 Å². The van der Waals surface area contributed by atoms with Gasteiger partial charge in [0.25, 0.3) is 0 Å². The molecule has 1 atom stereocenters. The van der Waals surface area contributed by atoms with E-state index in [1.165, 1.54) is 0 Å². The predicted molar refractivity (Wildman–Crippen MR) is 93.9 cm³/mol. The molecule has 0 fully saturated rings. The van der Waals surface area contributed by atoms with Crippen molar-refractivity contribution < 1.29 is 19.2 Å². The van der Waals surface area contributed by atoms with Crippen LogP contribution in [0, 0.1) is 0 Å². The lowest BCUT2D eigenvalue weighted by Gasteiger charge is -2.23. The Labute approximate surface area is 150 Å². The van der Waals surface area contributed by atoms with Crippen molar-refractivity contribution in [3.8, 4) is 17.0 Å². The molecule has 1 aliphatic heterocycles. The Morgan fingerprint density at radius 2 is 1.96 bits per heavy atom. The molecule has 0 saturated heterocycles. The molecular weight excluding hydrogens is 332 g/mol. The number of benzene rings is 2. The summed E-state index contributed by atoms with van der Waals surface area (Å²) in [4.78, 5) is 5.81. The molecule has 7 nitrogen and oxygen atoms in total. The second-order valence-electron chi connectivity index (χ2n) is 6.10. The molecule has 0 bridgehead atoms. The third-order valence-corrected chi connectivity index (χ3v) is 4.67. The fourth-order valence-electron chi connectivity index (χ4n) is 3.09. The molecule has 7 heteroatoms. The lowest BCUT2D eigenvalue weighted by Crippen LogP contribution is -2.60. The first-order chi connectivity index (χ1) is 12.6. The Balaban J connectivity index is 1.80. The summed E-state index contributed by atoms with van der Waals surface area (Å²) in [5, 5.41) is 18.5. The summed E-state index contributed by atoms with van der Waals surface area (Å²) >= 11 is 0. The smallest absolute Gasteiger partial charge is 0.341 e. The summed E-state index contributed by atoms with van der Waals surface area (Å²) in [6.07, 6.45) is 0. The molecule has 3 aromatic rings. The molecule has 0 amide bonds. The number of hydrogen-bond donors (Lipinski definition) is 0. The molecule has 0 saturated carbocycles. The number of aliphatic imine (C=N–C) groups is 1. The van der Waals surface area contributed by atoms with Crippen molar-refractivity contribution in [2.45, 2.75) is 13.0 Å². The Bertz CT molecular complexity index is 979. The van der Waals surface area contributed by atoms with Crippen LogP contribution < -0.4 is 19.6 Å². The van der Waals surface area contributed by atoms with Crippen LogP contribution in [0.3, 0.4) is 0 Å². The van der Waals surface area contributed by atoms with E-state index in [9.17, 15) is 5.11 Å². The minimum absolute atomic E-state index is 0.124. The van der Waals surface area contributed by atoms with Crippen LogP contribution in [0.2, 0.25) is 0 Å². The van der Waals surface area contributed by atoms with E-state index in [0.29, 0.717) is 17.0 Å². The highest BCUT2D eigenvalue weighted by atomic mass is 16.5. The lowest BCUT2D eigenvalue weighted by molar-refractivity contribution is -0.752. The summed E-state index contributed by atoms with van der Waals surface area (Å²) in [5.41, 5.74) is 3.21. The van der Waals surface area contributed by atoms with Crippen LogP contribution in [0.15, 0.2) is 58.0 Å². The topological polar surface area (TPSA) is 77.8 Å². The summed E-state index contributed by atoms with van der Waals surface area (Å²) in [5.74, 6) is 0.474. The molecule has 1 aliphatic rings. The van der Waals surface area contributed by atoms with Crippen LogP contribution in [-0.2, 0) is 0 Å². The number of aromatic nitrogens is 2. The predicted octanol–water partition coefficient (Wildman–Crippen LogP) is 1.72. The second-order valence-corrected chi connectivity index (χ2v) is 6.10. The quantitative estimate of drug-likeness (QED) is 0.408. The van der Waals surface area contributed by atoms with Crippen molar-refractivity contribution >= 4 is 11.8 Å². The highest BCUT2D eigenvalue weighted by molar-refractivity contribution is 5.93. The number of fused-ring (bicyclic) bond motifs is 3. The van der Waals surface area contributed by atoms with Crippen molar-refractivity contribution in [3.05, 3.63) is 59.7 Å². The van der Waals surface area contributed by atoms with Gasteiger partial charge in [0.05, 0.1) is 24.5 Å². The zero-order chi connectivity index (χ0) is 18.3. The van der Waals surface area contributed by atoms with E-state index in [-0.39, 0.29) is 11.9 Å². The lowest BCUT2D eigenvalue weighted by atomic mass is 9.97. The van der Waals surface area contributed by atoms with E-state index in [4.69, 9.17) is 9.26 Å². The molecule has 132 valence electrons. The maximum absolute atomic E-state index is 12.5. The normalized spacial score (nSPS) is 16.2. The molecule has 0 spiro atoms. The summed E-state index contributed by atoms with van der Waals surface area (Å²) in [6, 6.07) is 14.9. The molecule has 1 unspecified atom stereocenters. The van der Waals surface area contributed by atoms with E-state index in [1.54, 1.807) is 36.2 Å². The number of rotatable bonds is 3. The minimum Gasteiger partial charge on any atom is -0.858 e. The Kier molecular flexibility index (Phi) is 3.84. The standard InChI is InChI=1S/C19H18N4O3/c1-12-15-6-4-5-7-16(15)17-19(26-21-23(17)22(12)2)20-18(24)13-8-10-14(25-3)11-9-13/h4-12H,1-3H3. The highest BCUT2D eigenvalue weighted by Gasteiger charge is 2.40. The van der Waals surface area contributed by atoms with Gasteiger partial charge in [-0.25, -0.2) is 4.99 Å². The van der Waals surface area contributed by atoms with Crippen molar-refractivity contribution in [1.82, 2.24) is 5.27 Å². The first kappa shape index (κ1) is 16.1. The zero-order valence-electron chi connectivity index (χ0n) is 14.7. The maximum atomic E-state index is 12.5. The van der Waals surface area contributed by atoms with E-state index in [1.807, 2.05) is 30.3 Å². The van der Waals surface area contributed by atoms with Gasteiger partial charge in [0.15, 0.2) is 0 Å². The summed E-state index contributed by atoms with van der Waals surface area (Å²) in [6.45, 7) is 2.09. The van der Waals surface area contributed by atoms with Gasteiger partial charge in [0.2, 0.25) is 5.27 Å². The van der Waals surface area contributed by atoms with Gasteiger partial charge in [0, 0.05) is 0 Å². The maximum Gasteiger partial charge on any atom is 0.341 e. The van der Waals surface area contributed by atoms with Crippen molar-refractivity contribution in [3.63, 3.8) is 0 Å². The SMILES string of the molecule is COc1ccc(/C([O-])=N/c2on[n+]3c2-c2ccccc2C(C)N3C)cc1. The zero-order valence-corrected chi connectivity index (χ0v) is 14.7. The number of nitrogens with zero attached hydrogens (tertiary/aromatic N) is 4. The Morgan fingerprint density at radius 3 is 2.69 bits per heavy atom. The average Bonchev–Trinajstić information content (AvgIpc) is 3.10. The largest absolute Gasteiger partial charge is 0.858 e. The van der Waals surface area contributed by atoms with E-state index in [0.717, 1.165) is 11.1 Å². The minimum atomic E-state index is -0.397. The van der Waals surface area contributed by atoms with Gasteiger partial charge in [0.1, 0.15) is 11.8 Å². The van der Waals surface area contributed by atoms with Crippen LogP contribution >= 0.6 is 0 Å². The average molecular weight is 350 g/mol. The fraction of sp³-hybridized carbons (Fsp3) is 0.211. The monoisotopic (exact) mass is 350 g/mol. The van der Waals surface area contributed by atoms with E-state index >= 15 is 0 Å². The van der Waals surface area contributed by atoms with E-state index in [2.05, 4.69) is 23.3 Å². The highest BCUT2D eigenvalue weighted by Crippen LogP contribution is 2.36. The van der Waals surface area contributed by atoms with Gasteiger partial charge in [-0.05, 0) is 42.1 Å². The fourth-order valence-corrected chi connectivity index (χ4v) is 3.09. The van der Waals surface area contributed by atoms with Crippen LogP contribution in [0.5, 0.6) is 5.75 Å². The van der Waals surface area contributed by atoms with Gasteiger partial charge >= 0.3 is 11.6 Å². The van der Waals surface area contributed by atoms with Crippen LogP contribution in [-0.4, -0.2) is 25.3 Å². The van der Waals surface area contributed by atoms with Crippen molar-refractivity contribution in [1.29, 1.82) is 0 Å². The van der Waals surface area contributed by atoms with Crippen LogP contribution in [0.4, 0.5) is 5.88 Å². The molecule has 1 aromatic heterocycles. The molecule has 2 aromatic carbocycles. The molecule has 0 aliphatic carbocycles. The first-order valence-corrected chi connectivity index (χ1v) is 8.24. The van der Waals surface area contributed by atoms with Crippen LogP contribution in [0.25, 0.3) is 11.3 Å². The van der Waals surface area contributed by atoms with Gasteiger partial charge in [-0.1, -0.05) is 30.3 Å². The second kappa shape index (κ2) is 6.18. The molecule has 0 N–H and O–H groups in total. The number of hydrogen-bond acceptors (Lipinski definition) is 6. The third kappa shape index (κ3) is 2.48. The van der Waals surface area contributed by atoms with Gasteiger partial charge in [-0.15, -0.1) is 5.01 Å². The summed E-state index contributed by atoms with van der Waals surface area (Å²) in [7, 11) is 3.50. The van der Waals surface area contributed by atoms with Crippen molar-refractivity contribution in [2.24, 2.45) is 4.99 Å². The Morgan fingerprint density at radius 1 is 1.23 bits per heavy atom. The molecule has 26 heavy (non-hydrogen) atoms. The third-order valence-electron chi connectivity index (χ3n) is 4.67. The van der Waals surface area contributed by atoms with Gasteiger partial charge in [-0.2, -0.15) is 0 Å². The summed E-state index contributed by atoms with van der Waals surface area (Å²) < 4.78 is 10.5. The molecular formula is C19H18N4O3. The van der Waals surface area contributed by atoms with Gasteiger partial charge < -0.3 is 9.84 Å². The number of ether oxygens (including phenoxy) is 1. The number of methoxy groups -OCH3 is 1. The Hall–Kier alpha value is -3.35. The van der Waals surface area contributed by atoms with Crippen molar-refractivity contribution in [2.75, 3.05) is 19.2 Å². The molecule has 0 radical (unpaired) electrons.